The highest BCUT2D eigenvalue weighted by atomic mass is 32.1. The van der Waals surface area contributed by atoms with Gasteiger partial charge in [0.2, 0.25) is 0 Å². The highest BCUT2D eigenvalue weighted by molar-refractivity contribution is 7.13. The third kappa shape index (κ3) is 4.62. The average Bonchev–Trinajstić information content (AvgIpc) is 2.58. The van der Waals surface area contributed by atoms with Crippen LogP contribution < -0.4 is 5.32 Å². The SMILES string of the molecule is Cc1csc(NCCCN(C)C(C)C)n1. The van der Waals surface area contributed by atoms with Gasteiger partial charge in [-0.25, -0.2) is 4.98 Å². The molecule has 0 unspecified atom stereocenters. The zero-order valence-electron chi connectivity index (χ0n) is 10.1. The molecule has 0 atom stereocenters. The van der Waals surface area contributed by atoms with Gasteiger partial charge in [0.25, 0.3) is 0 Å². The van der Waals surface area contributed by atoms with E-state index in [9.17, 15) is 0 Å². The van der Waals surface area contributed by atoms with Crippen molar-refractivity contribution in [3.63, 3.8) is 0 Å². The van der Waals surface area contributed by atoms with E-state index in [-0.39, 0.29) is 0 Å². The summed E-state index contributed by atoms with van der Waals surface area (Å²) in [6, 6.07) is 0.632. The van der Waals surface area contributed by atoms with Crippen LogP contribution in [0.5, 0.6) is 0 Å². The molecule has 0 bridgehead atoms. The number of thiazole rings is 1. The summed E-state index contributed by atoms with van der Waals surface area (Å²) in [5.74, 6) is 0. The first kappa shape index (κ1) is 12.5. The predicted octanol–water partition coefficient (Wildman–Crippen LogP) is 2.59. The molecule has 1 aromatic heterocycles. The van der Waals surface area contributed by atoms with Crippen LogP contribution in [0, 0.1) is 6.92 Å². The lowest BCUT2D eigenvalue weighted by atomic mass is 10.3. The Morgan fingerprint density at radius 3 is 2.80 bits per heavy atom. The highest BCUT2D eigenvalue weighted by Crippen LogP contribution is 2.13. The van der Waals surface area contributed by atoms with E-state index < -0.39 is 0 Å². The van der Waals surface area contributed by atoms with Gasteiger partial charge in [-0.2, -0.15) is 0 Å². The van der Waals surface area contributed by atoms with E-state index in [4.69, 9.17) is 0 Å². The van der Waals surface area contributed by atoms with E-state index in [0.29, 0.717) is 6.04 Å². The summed E-state index contributed by atoms with van der Waals surface area (Å²) in [6.07, 6.45) is 1.16. The molecule has 1 heterocycles. The van der Waals surface area contributed by atoms with Gasteiger partial charge in [-0.05, 0) is 40.8 Å². The number of hydrogen-bond acceptors (Lipinski definition) is 4. The van der Waals surface area contributed by atoms with Crippen LogP contribution in [0.1, 0.15) is 26.0 Å². The lowest BCUT2D eigenvalue weighted by Crippen LogP contribution is -2.28. The predicted molar refractivity (Wildman–Crippen MR) is 67.7 cm³/mol. The van der Waals surface area contributed by atoms with Crippen molar-refractivity contribution < 1.29 is 0 Å². The van der Waals surface area contributed by atoms with E-state index in [1.165, 1.54) is 0 Å². The largest absolute Gasteiger partial charge is 0.361 e. The van der Waals surface area contributed by atoms with Gasteiger partial charge < -0.3 is 10.2 Å². The molecule has 0 aromatic carbocycles. The van der Waals surface area contributed by atoms with Crippen molar-refractivity contribution in [2.24, 2.45) is 0 Å². The maximum Gasteiger partial charge on any atom is 0.182 e. The molecule has 0 spiro atoms. The Morgan fingerprint density at radius 2 is 2.27 bits per heavy atom. The van der Waals surface area contributed by atoms with Crippen molar-refractivity contribution in [3.05, 3.63) is 11.1 Å². The topological polar surface area (TPSA) is 28.2 Å². The quantitative estimate of drug-likeness (QED) is 0.757. The summed E-state index contributed by atoms with van der Waals surface area (Å²) in [7, 11) is 2.16. The summed E-state index contributed by atoms with van der Waals surface area (Å²) in [4.78, 5) is 6.71. The summed E-state index contributed by atoms with van der Waals surface area (Å²) in [6.45, 7) is 8.60. The molecule has 3 nitrogen and oxygen atoms in total. The van der Waals surface area contributed by atoms with Gasteiger partial charge in [-0.1, -0.05) is 0 Å². The minimum Gasteiger partial charge on any atom is -0.361 e. The van der Waals surface area contributed by atoms with Gasteiger partial charge >= 0.3 is 0 Å². The van der Waals surface area contributed by atoms with Crippen LogP contribution in [0.25, 0.3) is 0 Å². The highest BCUT2D eigenvalue weighted by Gasteiger charge is 2.02. The number of anilines is 1. The minimum atomic E-state index is 0.632. The fraction of sp³-hybridized carbons (Fsp3) is 0.727. The number of hydrogen-bond donors (Lipinski definition) is 1. The third-order valence-electron chi connectivity index (χ3n) is 2.46. The van der Waals surface area contributed by atoms with Crippen LogP contribution in [0.15, 0.2) is 5.38 Å². The Balaban J connectivity index is 2.12. The summed E-state index contributed by atoms with van der Waals surface area (Å²) in [5, 5.41) is 6.45. The normalized spacial score (nSPS) is 11.3. The first-order chi connectivity index (χ1) is 7.09. The van der Waals surface area contributed by atoms with Gasteiger partial charge in [-0.15, -0.1) is 11.3 Å². The molecule has 0 radical (unpaired) electrons. The number of nitrogens with one attached hydrogen (secondary N) is 1. The first-order valence-corrected chi connectivity index (χ1v) is 6.34. The van der Waals surface area contributed by atoms with Crippen LogP contribution in [-0.2, 0) is 0 Å². The van der Waals surface area contributed by atoms with Crippen molar-refractivity contribution in [2.75, 3.05) is 25.5 Å². The maximum atomic E-state index is 4.36. The fourth-order valence-corrected chi connectivity index (χ4v) is 1.93. The Labute approximate surface area is 96.5 Å². The summed E-state index contributed by atoms with van der Waals surface area (Å²) >= 11 is 1.68. The van der Waals surface area contributed by atoms with E-state index in [0.717, 1.165) is 30.3 Å². The Kier molecular flexibility index (Phi) is 5.05. The van der Waals surface area contributed by atoms with E-state index in [1.54, 1.807) is 11.3 Å². The number of rotatable bonds is 6. The van der Waals surface area contributed by atoms with E-state index >= 15 is 0 Å². The van der Waals surface area contributed by atoms with Crippen LogP contribution in [-0.4, -0.2) is 36.1 Å². The number of aryl methyl sites for hydroxylation is 1. The Hall–Kier alpha value is -0.610. The molecule has 0 aliphatic heterocycles. The molecular weight excluding hydrogens is 206 g/mol. The van der Waals surface area contributed by atoms with Crippen molar-refractivity contribution in [1.29, 1.82) is 0 Å². The smallest absolute Gasteiger partial charge is 0.182 e. The number of aromatic nitrogens is 1. The Bertz CT molecular complexity index is 283. The Morgan fingerprint density at radius 1 is 1.53 bits per heavy atom. The second kappa shape index (κ2) is 6.08. The standard InChI is InChI=1S/C11H21N3S/c1-9(2)14(4)7-5-6-12-11-13-10(3)8-15-11/h8-9H,5-7H2,1-4H3,(H,12,13). The van der Waals surface area contributed by atoms with Gasteiger partial charge in [0, 0.05) is 18.0 Å². The second-order valence-electron chi connectivity index (χ2n) is 4.15. The molecule has 0 saturated heterocycles. The van der Waals surface area contributed by atoms with Crippen molar-refractivity contribution >= 4 is 16.5 Å². The second-order valence-corrected chi connectivity index (χ2v) is 5.01. The monoisotopic (exact) mass is 227 g/mol. The maximum absolute atomic E-state index is 4.36. The van der Waals surface area contributed by atoms with Crippen molar-refractivity contribution in [3.8, 4) is 0 Å². The molecule has 1 N–H and O–H groups in total. The molecule has 0 aliphatic rings. The molecule has 0 aliphatic carbocycles. The van der Waals surface area contributed by atoms with Gasteiger partial charge in [0.05, 0.1) is 5.69 Å². The van der Waals surface area contributed by atoms with Crippen LogP contribution in [0.4, 0.5) is 5.13 Å². The summed E-state index contributed by atoms with van der Waals surface area (Å²) in [5.41, 5.74) is 1.10. The van der Waals surface area contributed by atoms with E-state index in [2.05, 4.69) is 41.5 Å². The van der Waals surface area contributed by atoms with Gasteiger partial charge in [0.15, 0.2) is 5.13 Å². The van der Waals surface area contributed by atoms with Crippen molar-refractivity contribution in [1.82, 2.24) is 9.88 Å². The average molecular weight is 227 g/mol. The molecule has 0 amide bonds. The molecule has 0 fully saturated rings. The third-order valence-corrected chi connectivity index (χ3v) is 3.38. The number of nitrogens with zero attached hydrogens (tertiary/aromatic N) is 2. The molecule has 0 saturated carbocycles. The van der Waals surface area contributed by atoms with Crippen molar-refractivity contribution in [2.45, 2.75) is 33.2 Å². The lowest BCUT2D eigenvalue weighted by molar-refractivity contribution is 0.273. The lowest BCUT2D eigenvalue weighted by Gasteiger charge is -2.20. The molecule has 4 heteroatoms. The summed E-state index contributed by atoms with van der Waals surface area (Å²) < 4.78 is 0. The zero-order valence-corrected chi connectivity index (χ0v) is 10.9. The molecule has 1 aromatic rings. The van der Waals surface area contributed by atoms with Crippen LogP contribution >= 0.6 is 11.3 Å². The minimum absolute atomic E-state index is 0.632. The molecule has 1 rings (SSSR count). The van der Waals surface area contributed by atoms with Crippen LogP contribution in [0.2, 0.25) is 0 Å². The van der Waals surface area contributed by atoms with Crippen LogP contribution in [0.3, 0.4) is 0 Å². The first-order valence-electron chi connectivity index (χ1n) is 5.46. The molecule has 86 valence electrons. The van der Waals surface area contributed by atoms with E-state index in [1.807, 2.05) is 6.92 Å². The van der Waals surface area contributed by atoms with Gasteiger partial charge in [0.1, 0.15) is 0 Å². The molecular formula is C11H21N3S. The van der Waals surface area contributed by atoms with Gasteiger partial charge in [-0.3, -0.25) is 0 Å². The zero-order chi connectivity index (χ0) is 11.3. The fourth-order valence-electron chi connectivity index (χ4n) is 1.22. The molecule has 15 heavy (non-hydrogen) atoms.